The Labute approximate surface area is 196 Å². The number of hydrogen-bond donors (Lipinski definition) is 0. The summed E-state index contributed by atoms with van der Waals surface area (Å²) in [4.78, 5) is 53.9. The number of nitrogens with zero attached hydrogens (tertiary/aromatic N) is 2. The number of benzene rings is 2. The van der Waals surface area contributed by atoms with Crippen LogP contribution in [0.5, 0.6) is 0 Å². The van der Waals surface area contributed by atoms with Crippen LogP contribution < -0.4 is 9.80 Å². The van der Waals surface area contributed by atoms with Gasteiger partial charge >= 0.3 is 11.9 Å². The van der Waals surface area contributed by atoms with Gasteiger partial charge < -0.3 is 9.47 Å². The molecule has 1 saturated heterocycles. The topological polar surface area (TPSA) is 93.2 Å². The van der Waals surface area contributed by atoms with Crippen LogP contribution in [0.4, 0.5) is 11.4 Å². The predicted molar refractivity (Wildman–Crippen MR) is 125 cm³/mol. The molecule has 8 heteroatoms. The van der Waals surface area contributed by atoms with Crippen molar-refractivity contribution in [2.75, 3.05) is 24.0 Å². The van der Waals surface area contributed by atoms with E-state index in [-0.39, 0.29) is 11.8 Å². The smallest absolute Gasteiger partial charge is 0.330 e. The van der Waals surface area contributed by atoms with Gasteiger partial charge in [0.2, 0.25) is 0 Å². The van der Waals surface area contributed by atoms with Crippen molar-refractivity contribution in [2.45, 2.75) is 24.9 Å². The number of carbonyl (C=O) groups excluding carboxylic acids is 4. The van der Waals surface area contributed by atoms with E-state index in [0.717, 1.165) is 11.1 Å². The van der Waals surface area contributed by atoms with Gasteiger partial charge in [0.25, 0.3) is 11.8 Å². The molecule has 34 heavy (non-hydrogen) atoms. The first-order chi connectivity index (χ1) is 16.4. The maximum absolute atomic E-state index is 13.8. The highest BCUT2D eigenvalue weighted by molar-refractivity contribution is 6.20. The summed E-state index contributed by atoms with van der Waals surface area (Å²) in [6.45, 7) is 0. The molecule has 172 valence electrons. The van der Waals surface area contributed by atoms with E-state index in [0.29, 0.717) is 35.3 Å². The van der Waals surface area contributed by atoms with Crippen LogP contribution in [0.25, 0.3) is 12.2 Å². The summed E-state index contributed by atoms with van der Waals surface area (Å²) in [6.07, 6.45) is 6.59. The van der Waals surface area contributed by atoms with Gasteiger partial charge in [-0.15, -0.1) is 0 Å². The van der Waals surface area contributed by atoms with Gasteiger partial charge in [-0.3, -0.25) is 19.4 Å². The Balaban J connectivity index is 1.54. The molecule has 8 nitrogen and oxygen atoms in total. The van der Waals surface area contributed by atoms with Crippen molar-refractivity contribution in [3.8, 4) is 0 Å². The normalized spacial score (nSPS) is 20.4. The highest BCUT2D eigenvalue weighted by Gasteiger charge is 2.53. The zero-order chi connectivity index (χ0) is 24.0. The minimum Gasteiger partial charge on any atom is -0.466 e. The molecule has 0 unspecified atom stereocenters. The Morgan fingerprint density at radius 1 is 0.765 bits per heavy atom. The van der Waals surface area contributed by atoms with Gasteiger partial charge in [-0.2, -0.15) is 0 Å². The Morgan fingerprint density at radius 2 is 1.18 bits per heavy atom. The number of ether oxygens (including phenoxy) is 2. The lowest BCUT2D eigenvalue weighted by atomic mass is 10.0. The van der Waals surface area contributed by atoms with E-state index in [2.05, 4.69) is 9.47 Å². The van der Waals surface area contributed by atoms with Crippen molar-refractivity contribution < 1.29 is 28.7 Å². The zero-order valence-electron chi connectivity index (χ0n) is 18.7. The van der Waals surface area contributed by atoms with E-state index in [1.807, 2.05) is 36.4 Å². The lowest BCUT2D eigenvalue weighted by Crippen LogP contribution is -2.63. The second-order valence-electron chi connectivity index (χ2n) is 8.28. The average molecular weight is 458 g/mol. The van der Waals surface area contributed by atoms with E-state index in [4.69, 9.17) is 0 Å². The standard InChI is InChI=1S/C26H22N2O6/c1-33-21(29)11-9-15-5-3-7-17-13-19-26(32)28-20(25(31)27(19)23(15)17)14-18-8-4-6-16(24(18)28)10-12-22(30)34-2/h3-12,19-20H,13-14H2,1-2H3/b11-9+,12-10+/t19-,20-/m0/s1. The van der Waals surface area contributed by atoms with E-state index in [1.54, 1.807) is 22.0 Å². The summed E-state index contributed by atoms with van der Waals surface area (Å²) in [5, 5.41) is 0. The highest BCUT2D eigenvalue weighted by Crippen LogP contribution is 2.45. The number of fused-ring (bicyclic) bond motifs is 6. The molecule has 2 aromatic carbocycles. The van der Waals surface area contributed by atoms with Crippen LogP contribution in [0.15, 0.2) is 48.6 Å². The lowest BCUT2D eigenvalue weighted by Gasteiger charge is -2.39. The number of esters is 2. The molecule has 2 atom stereocenters. The molecule has 0 aromatic heterocycles. The Morgan fingerprint density at radius 3 is 1.56 bits per heavy atom. The van der Waals surface area contributed by atoms with E-state index in [1.165, 1.54) is 26.4 Å². The zero-order valence-corrected chi connectivity index (χ0v) is 18.7. The number of carbonyl (C=O) groups is 4. The summed E-state index contributed by atoms with van der Waals surface area (Å²) in [5.74, 6) is -1.33. The number of anilines is 2. The SMILES string of the molecule is COC(=O)/C=C/c1cccc2c1N1C(=O)[C@@H]3Cc4cccc(/C=C/C(=O)OC)c4N3C(=O)[C@@H]1C2. The van der Waals surface area contributed by atoms with Gasteiger partial charge in [0.1, 0.15) is 12.1 Å². The summed E-state index contributed by atoms with van der Waals surface area (Å²) in [7, 11) is 2.60. The maximum atomic E-state index is 13.8. The highest BCUT2D eigenvalue weighted by atomic mass is 16.5. The number of para-hydroxylation sites is 2. The number of methoxy groups -OCH3 is 2. The third-order valence-corrected chi connectivity index (χ3v) is 6.48. The van der Waals surface area contributed by atoms with Crippen LogP contribution in [-0.4, -0.2) is 50.1 Å². The summed E-state index contributed by atoms with van der Waals surface area (Å²) < 4.78 is 9.36. The first-order valence-electron chi connectivity index (χ1n) is 10.9. The van der Waals surface area contributed by atoms with Crippen LogP contribution >= 0.6 is 0 Å². The van der Waals surface area contributed by atoms with E-state index < -0.39 is 24.0 Å². The second kappa shape index (κ2) is 8.30. The number of amides is 2. The van der Waals surface area contributed by atoms with Crippen molar-refractivity contribution in [2.24, 2.45) is 0 Å². The summed E-state index contributed by atoms with van der Waals surface area (Å²) in [6, 6.07) is 9.75. The van der Waals surface area contributed by atoms with Crippen molar-refractivity contribution in [3.63, 3.8) is 0 Å². The van der Waals surface area contributed by atoms with Crippen LogP contribution in [0.1, 0.15) is 22.3 Å². The molecule has 2 amide bonds. The molecule has 0 saturated carbocycles. The molecule has 2 aromatic rings. The summed E-state index contributed by atoms with van der Waals surface area (Å²) in [5.41, 5.74) is 4.42. The van der Waals surface area contributed by atoms with E-state index in [9.17, 15) is 19.2 Å². The molecule has 0 spiro atoms. The van der Waals surface area contributed by atoms with Gasteiger partial charge in [0.05, 0.1) is 25.6 Å². The third-order valence-electron chi connectivity index (χ3n) is 6.48. The molecule has 0 N–H and O–H groups in total. The van der Waals surface area contributed by atoms with Gasteiger partial charge in [-0.05, 0) is 34.4 Å². The largest absolute Gasteiger partial charge is 0.466 e. The molecule has 0 aliphatic carbocycles. The molecule has 3 heterocycles. The molecule has 1 fully saturated rings. The molecular weight excluding hydrogens is 436 g/mol. The fraction of sp³-hybridized carbons (Fsp3) is 0.231. The quantitative estimate of drug-likeness (QED) is 0.516. The van der Waals surface area contributed by atoms with Crippen LogP contribution in [0, 0.1) is 0 Å². The monoisotopic (exact) mass is 458 g/mol. The predicted octanol–water partition coefficient (Wildman–Crippen LogP) is 2.29. The Kier molecular flexibility index (Phi) is 5.28. The molecule has 3 aliphatic heterocycles. The minimum atomic E-state index is -0.671. The first kappa shape index (κ1) is 21.6. The summed E-state index contributed by atoms with van der Waals surface area (Å²) >= 11 is 0. The van der Waals surface area contributed by atoms with Gasteiger partial charge in [0.15, 0.2) is 0 Å². The number of rotatable bonds is 4. The molecule has 5 rings (SSSR count). The van der Waals surface area contributed by atoms with Crippen molar-refractivity contribution in [1.29, 1.82) is 0 Å². The van der Waals surface area contributed by atoms with Crippen LogP contribution in [-0.2, 0) is 41.5 Å². The van der Waals surface area contributed by atoms with Crippen molar-refractivity contribution >= 4 is 47.3 Å². The molecule has 0 bridgehead atoms. The van der Waals surface area contributed by atoms with Gasteiger partial charge in [-0.1, -0.05) is 36.4 Å². The first-order valence-corrected chi connectivity index (χ1v) is 10.9. The fourth-order valence-corrected chi connectivity index (χ4v) is 5.02. The van der Waals surface area contributed by atoms with Crippen molar-refractivity contribution in [3.05, 3.63) is 70.8 Å². The molecule has 3 aliphatic rings. The lowest BCUT2D eigenvalue weighted by molar-refractivity contribution is -0.135. The third kappa shape index (κ3) is 3.30. The molecule has 0 radical (unpaired) electrons. The number of hydrogen-bond acceptors (Lipinski definition) is 6. The minimum absolute atomic E-state index is 0.165. The average Bonchev–Trinajstić information content (AvgIpc) is 3.44. The number of piperazine rings is 1. The fourth-order valence-electron chi connectivity index (χ4n) is 5.02. The maximum Gasteiger partial charge on any atom is 0.330 e. The molecular formula is C26H22N2O6. The van der Waals surface area contributed by atoms with Gasteiger partial charge in [-0.25, -0.2) is 9.59 Å². The Bertz CT molecular complexity index is 1190. The van der Waals surface area contributed by atoms with Crippen LogP contribution in [0.2, 0.25) is 0 Å². The van der Waals surface area contributed by atoms with Gasteiger partial charge in [0, 0.05) is 25.0 Å². The Hall–Kier alpha value is -4.20. The van der Waals surface area contributed by atoms with Crippen LogP contribution in [0.3, 0.4) is 0 Å². The van der Waals surface area contributed by atoms with E-state index >= 15 is 0 Å². The second-order valence-corrected chi connectivity index (χ2v) is 8.28. The van der Waals surface area contributed by atoms with Crippen molar-refractivity contribution in [1.82, 2.24) is 0 Å².